The van der Waals surface area contributed by atoms with Crippen LogP contribution < -0.4 is 10.5 Å². The molecule has 20 heavy (non-hydrogen) atoms. The maximum Gasteiger partial charge on any atom is 0.262 e. The zero-order valence-electron chi connectivity index (χ0n) is 10.5. The van der Waals surface area contributed by atoms with Gasteiger partial charge in [0.25, 0.3) is 10.0 Å². The summed E-state index contributed by atoms with van der Waals surface area (Å²) < 4.78 is 40.4. The topological polar surface area (TPSA) is 72.2 Å². The number of anilines is 2. The normalized spacial score (nSPS) is 11.3. The third-order valence-electron chi connectivity index (χ3n) is 2.70. The van der Waals surface area contributed by atoms with Crippen LogP contribution in [0.15, 0.2) is 41.3 Å². The van der Waals surface area contributed by atoms with Gasteiger partial charge in [-0.15, -0.1) is 0 Å². The molecule has 2 aromatic rings. The van der Waals surface area contributed by atoms with Gasteiger partial charge in [-0.2, -0.15) is 0 Å². The molecule has 2 aromatic carbocycles. The monoisotopic (exact) mass is 314 g/mol. The molecule has 0 aliphatic heterocycles. The second-order valence-corrected chi connectivity index (χ2v) is 6.29. The lowest BCUT2D eigenvalue weighted by molar-refractivity contribution is 0.598. The zero-order chi connectivity index (χ0) is 14.9. The maximum atomic E-state index is 13.6. The molecule has 0 fully saturated rings. The van der Waals surface area contributed by atoms with Crippen LogP contribution >= 0.6 is 11.6 Å². The highest BCUT2D eigenvalue weighted by molar-refractivity contribution is 7.92. The fourth-order valence-corrected chi connectivity index (χ4v) is 3.33. The number of nitrogen functional groups attached to an aromatic ring is 1. The first-order valence-corrected chi connectivity index (χ1v) is 7.50. The lowest BCUT2D eigenvalue weighted by atomic mass is 10.2. The quantitative estimate of drug-likeness (QED) is 0.855. The van der Waals surface area contributed by atoms with Gasteiger partial charge in [-0.05, 0) is 36.8 Å². The van der Waals surface area contributed by atoms with E-state index in [1.165, 1.54) is 18.2 Å². The maximum absolute atomic E-state index is 13.6. The molecule has 0 spiro atoms. The molecule has 0 aliphatic rings. The van der Waals surface area contributed by atoms with Crippen LogP contribution in [-0.4, -0.2) is 8.42 Å². The summed E-state index contributed by atoms with van der Waals surface area (Å²) in [6.45, 7) is 1.62. The number of hydrogen-bond donors (Lipinski definition) is 2. The van der Waals surface area contributed by atoms with Crippen LogP contribution in [0.3, 0.4) is 0 Å². The van der Waals surface area contributed by atoms with Crippen LogP contribution in [0.25, 0.3) is 0 Å². The van der Waals surface area contributed by atoms with E-state index < -0.39 is 15.8 Å². The Hall–Kier alpha value is -1.79. The number of rotatable bonds is 3. The number of para-hydroxylation sites is 1. The minimum absolute atomic E-state index is 0.0168. The summed E-state index contributed by atoms with van der Waals surface area (Å²) in [5.74, 6) is -0.748. The molecule has 0 unspecified atom stereocenters. The summed E-state index contributed by atoms with van der Waals surface area (Å²) in [6, 6.07) is 8.38. The van der Waals surface area contributed by atoms with E-state index in [1.807, 2.05) is 0 Å². The van der Waals surface area contributed by atoms with Crippen molar-refractivity contribution in [3.8, 4) is 0 Å². The van der Waals surface area contributed by atoms with E-state index in [0.717, 1.165) is 6.07 Å². The van der Waals surface area contributed by atoms with Crippen LogP contribution in [0.4, 0.5) is 15.8 Å². The Bertz CT molecular complexity index is 743. The van der Waals surface area contributed by atoms with Gasteiger partial charge in [0.1, 0.15) is 11.5 Å². The Morgan fingerprint density at radius 2 is 1.95 bits per heavy atom. The average Bonchev–Trinajstić information content (AvgIpc) is 2.37. The van der Waals surface area contributed by atoms with E-state index in [0.29, 0.717) is 11.3 Å². The van der Waals surface area contributed by atoms with E-state index in [9.17, 15) is 12.8 Å². The molecule has 0 aromatic heterocycles. The first-order chi connectivity index (χ1) is 9.31. The van der Waals surface area contributed by atoms with Gasteiger partial charge in [0, 0.05) is 5.69 Å². The molecule has 4 nitrogen and oxygen atoms in total. The van der Waals surface area contributed by atoms with Gasteiger partial charge in [0.05, 0.1) is 9.92 Å². The minimum Gasteiger partial charge on any atom is -0.399 e. The van der Waals surface area contributed by atoms with Crippen molar-refractivity contribution >= 4 is 33.0 Å². The molecule has 0 saturated carbocycles. The number of nitrogens with one attached hydrogen (secondary N) is 1. The SMILES string of the molecule is Cc1ccc(N)cc1S(=O)(=O)Nc1c(F)cccc1Cl. The van der Waals surface area contributed by atoms with Crippen molar-refractivity contribution in [2.45, 2.75) is 11.8 Å². The highest BCUT2D eigenvalue weighted by Crippen LogP contribution is 2.28. The van der Waals surface area contributed by atoms with E-state index in [4.69, 9.17) is 17.3 Å². The summed E-state index contributed by atoms with van der Waals surface area (Å²) >= 11 is 5.80. The van der Waals surface area contributed by atoms with Gasteiger partial charge in [0.2, 0.25) is 0 Å². The van der Waals surface area contributed by atoms with Gasteiger partial charge < -0.3 is 5.73 Å². The summed E-state index contributed by atoms with van der Waals surface area (Å²) in [4.78, 5) is -0.0168. The third-order valence-corrected chi connectivity index (χ3v) is 4.51. The summed E-state index contributed by atoms with van der Waals surface area (Å²) in [6.07, 6.45) is 0. The summed E-state index contributed by atoms with van der Waals surface area (Å²) in [5, 5.41) is -0.0184. The van der Waals surface area contributed by atoms with Gasteiger partial charge in [-0.3, -0.25) is 4.72 Å². The minimum atomic E-state index is -3.97. The molecule has 0 amide bonds. The number of hydrogen-bond acceptors (Lipinski definition) is 3. The molecule has 0 saturated heterocycles. The molecular formula is C13H12ClFN2O2S. The smallest absolute Gasteiger partial charge is 0.262 e. The lowest BCUT2D eigenvalue weighted by Crippen LogP contribution is -2.15. The zero-order valence-corrected chi connectivity index (χ0v) is 12.1. The largest absolute Gasteiger partial charge is 0.399 e. The third kappa shape index (κ3) is 2.86. The predicted octanol–water partition coefficient (Wildman–Crippen LogP) is 3.17. The lowest BCUT2D eigenvalue weighted by Gasteiger charge is -2.12. The fourth-order valence-electron chi connectivity index (χ4n) is 1.69. The second kappa shape index (κ2) is 5.30. The second-order valence-electron chi connectivity index (χ2n) is 4.23. The van der Waals surface area contributed by atoms with E-state index in [-0.39, 0.29) is 15.6 Å². The molecule has 0 atom stereocenters. The van der Waals surface area contributed by atoms with Crippen molar-refractivity contribution in [3.63, 3.8) is 0 Å². The predicted molar refractivity (Wildman–Crippen MR) is 77.8 cm³/mol. The Balaban J connectivity index is 2.49. The fraction of sp³-hybridized carbons (Fsp3) is 0.0769. The molecular weight excluding hydrogens is 303 g/mol. The number of benzene rings is 2. The first-order valence-electron chi connectivity index (χ1n) is 5.64. The Morgan fingerprint density at radius 3 is 2.60 bits per heavy atom. The molecule has 0 radical (unpaired) electrons. The van der Waals surface area contributed by atoms with Crippen LogP contribution in [0, 0.1) is 12.7 Å². The number of sulfonamides is 1. The van der Waals surface area contributed by atoms with Gasteiger partial charge >= 0.3 is 0 Å². The van der Waals surface area contributed by atoms with Crippen molar-refractivity contribution in [1.82, 2.24) is 0 Å². The van der Waals surface area contributed by atoms with E-state index >= 15 is 0 Å². The number of nitrogens with two attached hydrogens (primary N) is 1. The molecule has 3 N–H and O–H groups in total. The van der Waals surface area contributed by atoms with Crippen molar-refractivity contribution in [2.24, 2.45) is 0 Å². The van der Waals surface area contributed by atoms with Crippen LogP contribution in [0.1, 0.15) is 5.56 Å². The van der Waals surface area contributed by atoms with Crippen molar-refractivity contribution in [2.75, 3.05) is 10.5 Å². The van der Waals surface area contributed by atoms with Gasteiger partial charge in [-0.25, -0.2) is 12.8 Å². The highest BCUT2D eigenvalue weighted by Gasteiger charge is 2.20. The molecule has 0 heterocycles. The Morgan fingerprint density at radius 1 is 1.25 bits per heavy atom. The number of aryl methyl sites for hydroxylation is 1. The van der Waals surface area contributed by atoms with Crippen molar-refractivity contribution in [3.05, 3.63) is 52.8 Å². The van der Waals surface area contributed by atoms with Crippen LogP contribution in [0.5, 0.6) is 0 Å². The van der Waals surface area contributed by atoms with Crippen LogP contribution in [0.2, 0.25) is 5.02 Å². The summed E-state index contributed by atoms with van der Waals surface area (Å²) in [5.41, 5.74) is 6.10. The molecule has 106 valence electrons. The highest BCUT2D eigenvalue weighted by atomic mass is 35.5. The van der Waals surface area contributed by atoms with E-state index in [2.05, 4.69) is 4.72 Å². The molecule has 0 aliphatic carbocycles. The average molecular weight is 315 g/mol. The molecule has 7 heteroatoms. The Kier molecular flexibility index (Phi) is 3.87. The first kappa shape index (κ1) is 14.6. The standard InChI is InChI=1S/C13H12ClFN2O2S/c1-8-5-6-9(16)7-12(8)20(18,19)17-13-10(14)3-2-4-11(13)15/h2-7,17H,16H2,1H3. The Labute approximate surface area is 121 Å². The van der Waals surface area contributed by atoms with Gasteiger partial charge in [-0.1, -0.05) is 23.7 Å². The van der Waals surface area contributed by atoms with E-state index in [1.54, 1.807) is 19.1 Å². The molecule has 2 rings (SSSR count). The molecule has 0 bridgehead atoms. The van der Waals surface area contributed by atoms with Crippen LogP contribution in [-0.2, 0) is 10.0 Å². The summed E-state index contributed by atoms with van der Waals surface area (Å²) in [7, 11) is -3.97. The van der Waals surface area contributed by atoms with Gasteiger partial charge in [0.15, 0.2) is 0 Å². The van der Waals surface area contributed by atoms with Crippen molar-refractivity contribution in [1.29, 1.82) is 0 Å². The number of halogens is 2. The van der Waals surface area contributed by atoms with Crippen molar-refractivity contribution < 1.29 is 12.8 Å².